The fourth-order valence-electron chi connectivity index (χ4n) is 2.71. The molecule has 1 aromatic carbocycles. The van der Waals surface area contributed by atoms with Crippen molar-refractivity contribution in [3.63, 3.8) is 0 Å². The molecule has 0 aromatic heterocycles. The van der Waals surface area contributed by atoms with E-state index < -0.39 is 10.0 Å². The van der Waals surface area contributed by atoms with Crippen LogP contribution in [0, 0.1) is 5.41 Å². The number of carbonyl (C=O) groups excluding carboxylic acids is 1. The topological polar surface area (TPSA) is 117 Å². The predicted molar refractivity (Wildman–Crippen MR) is 137 cm³/mol. The SMILES string of the molecule is CCCCCC(C)(C)CNC(=NCc1ccc(S(N)(=O)=O)cc1)NCC(=O)N(C)C.I. The van der Waals surface area contributed by atoms with E-state index in [9.17, 15) is 13.2 Å². The lowest BCUT2D eigenvalue weighted by Crippen LogP contribution is -2.45. The van der Waals surface area contributed by atoms with Crippen molar-refractivity contribution in [3.05, 3.63) is 29.8 Å². The van der Waals surface area contributed by atoms with Crippen LogP contribution in [-0.2, 0) is 21.4 Å². The molecule has 10 heteroatoms. The zero-order chi connectivity index (χ0) is 22.8. The third-order valence-corrected chi connectivity index (χ3v) is 5.70. The van der Waals surface area contributed by atoms with Gasteiger partial charge in [-0.15, -0.1) is 24.0 Å². The maximum Gasteiger partial charge on any atom is 0.241 e. The molecule has 0 aliphatic rings. The third-order valence-electron chi connectivity index (χ3n) is 4.77. The number of nitrogens with zero attached hydrogens (tertiary/aromatic N) is 2. The highest BCUT2D eigenvalue weighted by molar-refractivity contribution is 14.0. The van der Waals surface area contributed by atoms with E-state index in [4.69, 9.17) is 5.14 Å². The Hall–Kier alpha value is -1.40. The molecule has 0 aliphatic heterocycles. The second kappa shape index (κ2) is 13.9. The first-order chi connectivity index (χ1) is 13.9. The molecule has 178 valence electrons. The van der Waals surface area contributed by atoms with E-state index in [-0.39, 0.29) is 46.7 Å². The van der Waals surface area contributed by atoms with E-state index in [1.54, 1.807) is 26.2 Å². The van der Waals surface area contributed by atoms with E-state index in [0.717, 1.165) is 18.5 Å². The Morgan fingerprint density at radius 2 is 1.74 bits per heavy atom. The molecule has 0 fully saturated rings. The van der Waals surface area contributed by atoms with Crippen LogP contribution >= 0.6 is 24.0 Å². The minimum atomic E-state index is -3.71. The summed E-state index contributed by atoms with van der Waals surface area (Å²) in [6.07, 6.45) is 4.69. The number of aliphatic imine (C=N–C) groups is 1. The normalized spacial score (nSPS) is 12.1. The van der Waals surface area contributed by atoms with Gasteiger partial charge in [0.2, 0.25) is 15.9 Å². The fraction of sp³-hybridized carbons (Fsp3) is 0.619. The minimum Gasteiger partial charge on any atom is -0.356 e. The zero-order valence-electron chi connectivity index (χ0n) is 19.3. The number of carbonyl (C=O) groups is 1. The standard InChI is InChI=1S/C21H37N5O3S.HI/c1-6-7-8-13-21(2,3)16-25-20(24-15-19(27)26(4)5)23-14-17-9-11-18(12-10-17)30(22,28)29;/h9-12H,6-8,13-16H2,1-5H3,(H2,22,28,29)(H2,23,24,25);1H. The minimum absolute atomic E-state index is 0. The second-order valence-electron chi connectivity index (χ2n) is 8.47. The van der Waals surface area contributed by atoms with Gasteiger partial charge < -0.3 is 15.5 Å². The van der Waals surface area contributed by atoms with Crippen LogP contribution in [0.25, 0.3) is 0 Å². The summed E-state index contributed by atoms with van der Waals surface area (Å²) in [5, 5.41) is 11.6. The summed E-state index contributed by atoms with van der Waals surface area (Å²) in [6, 6.07) is 6.29. The lowest BCUT2D eigenvalue weighted by Gasteiger charge is -2.26. The van der Waals surface area contributed by atoms with Crippen molar-refractivity contribution in [3.8, 4) is 0 Å². The molecule has 4 N–H and O–H groups in total. The summed E-state index contributed by atoms with van der Waals surface area (Å²) in [5.74, 6) is 0.494. The number of nitrogens with one attached hydrogen (secondary N) is 2. The van der Waals surface area contributed by atoms with Gasteiger partial charge in [-0.1, -0.05) is 52.2 Å². The van der Waals surface area contributed by atoms with Crippen molar-refractivity contribution < 1.29 is 13.2 Å². The van der Waals surface area contributed by atoms with Gasteiger partial charge in [0.15, 0.2) is 5.96 Å². The highest BCUT2D eigenvalue weighted by Crippen LogP contribution is 2.22. The summed E-state index contributed by atoms with van der Waals surface area (Å²) in [7, 11) is -0.302. The van der Waals surface area contributed by atoms with Crippen molar-refractivity contribution in [2.24, 2.45) is 15.5 Å². The van der Waals surface area contributed by atoms with E-state index in [2.05, 4.69) is 36.4 Å². The molecule has 0 atom stereocenters. The molecule has 0 radical (unpaired) electrons. The van der Waals surface area contributed by atoms with Crippen LogP contribution in [0.2, 0.25) is 0 Å². The molecule has 0 saturated carbocycles. The quantitative estimate of drug-likeness (QED) is 0.165. The van der Waals surface area contributed by atoms with Crippen molar-refractivity contribution in [1.82, 2.24) is 15.5 Å². The lowest BCUT2D eigenvalue weighted by atomic mass is 9.87. The van der Waals surface area contributed by atoms with Gasteiger partial charge in [-0.25, -0.2) is 18.5 Å². The van der Waals surface area contributed by atoms with Crippen LogP contribution in [0.5, 0.6) is 0 Å². The third kappa shape index (κ3) is 12.3. The average Bonchev–Trinajstić information content (AvgIpc) is 2.66. The molecule has 0 bridgehead atoms. The number of unbranched alkanes of at least 4 members (excludes halogenated alkanes) is 2. The number of guanidine groups is 1. The molecule has 0 unspecified atom stereocenters. The number of primary sulfonamides is 1. The Labute approximate surface area is 204 Å². The molecule has 8 nitrogen and oxygen atoms in total. The number of hydrogen-bond donors (Lipinski definition) is 3. The van der Waals surface area contributed by atoms with Gasteiger partial charge >= 0.3 is 0 Å². The molecular formula is C21H38IN5O3S. The van der Waals surface area contributed by atoms with E-state index in [0.29, 0.717) is 12.5 Å². The first-order valence-electron chi connectivity index (χ1n) is 10.3. The average molecular weight is 568 g/mol. The first kappa shape index (κ1) is 29.6. The van der Waals surface area contributed by atoms with Gasteiger partial charge in [0.1, 0.15) is 0 Å². The summed E-state index contributed by atoms with van der Waals surface area (Å²) < 4.78 is 22.8. The summed E-state index contributed by atoms with van der Waals surface area (Å²) >= 11 is 0. The van der Waals surface area contributed by atoms with Crippen molar-refractivity contribution in [2.45, 2.75) is 57.9 Å². The van der Waals surface area contributed by atoms with Gasteiger partial charge in [0, 0.05) is 20.6 Å². The van der Waals surface area contributed by atoms with Gasteiger partial charge in [-0.3, -0.25) is 4.79 Å². The number of nitrogens with two attached hydrogens (primary N) is 1. The predicted octanol–water partition coefficient (Wildman–Crippen LogP) is 2.68. The van der Waals surface area contributed by atoms with Crippen LogP contribution in [0.1, 0.15) is 52.0 Å². The summed E-state index contributed by atoms with van der Waals surface area (Å²) in [4.78, 5) is 18.1. The van der Waals surface area contributed by atoms with Crippen molar-refractivity contribution >= 4 is 45.9 Å². The Bertz CT molecular complexity index is 809. The Balaban J connectivity index is 0.00000900. The van der Waals surface area contributed by atoms with Crippen LogP contribution in [0.15, 0.2) is 34.2 Å². The Morgan fingerprint density at radius 3 is 2.26 bits per heavy atom. The highest BCUT2D eigenvalue weighted by atomic mass is 127. The number of amides is 1. The molecule has 1 amide bonds. The van der Waals surface area contributed by atoms with Gasteiger partial charge in [-0.05, 0) is 29.5 Å². The molecule has 0 aliphatic carbocycles. The van der Waals surface area contributed by atoms with E-state index in [1.807, 2.05) is 0 Å². The van der Waals surface area contributed by atoms with Gasteiger partial charge in [0.05, 0.1) is 18.0 Å². The van der Waals surface area contributed by atoms with Crippen LogP contribution in [0.3, 0.4) is 0 Å². The number of sulfonamides is 1. The summed E-state index contributed by atoms with van der Waals surface area (Å²) in [6.45, 7) is 7.82. The number of halogens is 1. The molecular weight excluding hydrogens is 529 g/mol. The summed E-state index contributed by atoms with van der Waals surface area (Å²) in [5.41, 5.74) is 0.935. The van der Waals surface area contributed by atoms with E-state index >= 15 is 0 Å². The smallest absolute Gasteiger partial charge is 0.241 e. The van der Waals surface area contributed by atoms with E-state index in [1.165, 1.54) is 36.3 Å². The number of rotatable bonds is 11. The highest BCUT2D eigenvalue weighted by Gasteiger charge is 2.18. The number of likely N-dealkylation sites (N-methyl/N-ethyl adjacent to an activating group) is 1. The van der Waals surface area contributed by atoms with Crippen molar-refractivity contribution in [1.29, 1.82) is 0 Å². The van der Waals surface area contributed by atoms with Crippen molar-refractivity contribution in [2.75, 3.05) is 27.2 Å². The van der Waals surface area contributed by atoms with Gasteiger partial charge in [-0.2, -0.15) is 0 Å². The van der Waals surface area contributed by atoms with Crippen LogP contribution in [0.4, 0.5) is 0 Å². The number of hydrogen-bond acceptors (Lipinski definition) is 4. The fourth-order valence-corrected chi connectivity index (χ4v) is 3.23. The largest absolute Gasteiger partial charge is 0.356 e. The molecule has 1 rings (SSSR count). The molecule has 1 aromatic rings. The molecule has 31 heavy (non-hydrogen) atoms. The van der Waals surface area contributed by atoms with Crippen LogP contribution < -0.4 is 15.8 Å². The maximum atomic E-state index is 11.9. The molecule has 0 heterocycles. The monoisotopic (exact) mass is 567 g/mol. The Kier molecular flexibility index (Phi) is 13.3. The molecule has 0 saturated heterocycles. The lowest BCUT2D eigenvalue weighted by molar-refractivity contribution is -0.127. The first-order valence-corrected chi connectivity index (χ1v) is 11.8. The van der Waals surface area contributed by atoms with Gasteiger partial charge in [0.25, 0.3) is 0 Å². The van der Waals surface area contributed by atoms with Crippen LogP contribution in [-0.4, -0.2) is 52.4 Å². The Morgan fingerprint density at radius 1 is 1.13 bits per heavy atom. The second-order valence-corrected chi connectivity index (χ2v) is 10.0. The maximum absolute atomic E-state index is 11.9. The zero-order valence-corrected chi connectivity index (χ0v) is 22.4. The molecule has 0 spiro atoms. The number of benzene rings is 1.